The summed E-state index contributed by atoms with van der Waals surface area (Å²) in [6, 6.07) is 16.2. The lowest BCUT2D eigenvalue weighted by Crippen LogP contribution is -2.39. The molecular weight excluding hydrogens is 604 g/mol. The van der Waals surface area contributed by atoms with Crippen molar-refractivity contribution in [3.8, 4) is 5.75 Å². The second kappa shape index (κ2) is 16.7. The van der Waals surface area contributed by atoms with E-state index in [0.717, 1.165) is 80.4 Å². The minimum absolute atomic E-state index is 0.00192. The number of hydrogen-bond acceptors (Lipinski definition) is 7. The number of nitrogens with one attached hydrogen (secondary N) is 2. The van der Waals surface area contributed by atoms with E-state index >= 15 is 0 Å². The van der Waals surface area contributed by atoms with Crippen LogP contribution in [-0.4, -0.2) is 63.5 Å². The number of aromatic nitrogens is 2. The molecule has 1 aliphatic rings. The number of oxazole rings is 1. The summed E-state index contributed by atoms with van der Waals surface area (Å²) in [7, 11) is 4.48. The van der Waals surface area contributed by atoms with Crippen LogP contribution in [0.15, 0.2) is 70.0 Å². The Morgan fingerprint density at radius 1 is 0.958 bits per heavy atom. The molecule has 260 valence electrons. The number of aliphatic hydroxyl groups excluding tert-OH is 1. The Balaban J connectivity index is 0.972. The summed E-state index contributed by atoms with van der Waals surface area (Å²) >= 11 is 0. The van der Waals surface area contributed by atoms with Gasteiger partial charge in [0.25, 0.3) is 0 Å². The molecule has 48 heavy (non-hydrogen) atoms. The van der Waals surface area contributed by atoms with Crippen molar-refractivity contribution < 1.29 is 24.2 Å². The normalized spacial score (nSPS) is 16.2. The molecule has 1 aliphatic carbocycles. The Labute approximate surface area is 284 Å². The minimum Gasteiger partial charge on any atom is -0.506 e. The molecule has 9 nitrogen and oxygen atoms in total. The summed E-state index contributed by atoms with van der Waals surface area (Å²) in [5.41, 5.74) is 0.429. The molecule has 0 spiro atoms. The number of fused-ring (bicyclic) bond motifs is 1. The van der Waals surface area contributed by atoms with Gasteiger partial charge in [0.05, 0.1) is 38.5 Å². The second-order valence-electron chi connectivity index (χ2n) is 14.4. The van der Waals surface area contributed by atoms with Crippen molar-refractivity contribution >= 4 is 10.9 Å². The summed E-state index contributed by atoms with van der Waals surface area (Å²) in [6.45, 7) is 3.05. The lowest BCUT2D eigenvalue weighted by atomic mass is 9.73. The van der Waals surface area contributed by atoms with Gasteiger partial charge in [0.1, 0.15) is 12.3 Å². The number of rotatable bonds is 18. The Bertz CT molecular complexity index is 1630. The van der Waals surface area contributed by atoms with Crippen LogP contribution in [0.25, 0.3) is 10.9 Å². The van der Waals surface area contributed by atoms with E-state index < -0.39 is 11.7 Å². The van der Waals surface area contributed by atoms with E-state index in [2.05, 4.69) is 29.4 Å². The molecule has 5 rings (SSSR count). The van der Waals surface area contributed by atoms with Crippen LogP contribution in [0.5, 0.6) is 5.75 Å². The van der Waals surface area contributed by atoms with E-state index in [9.17, 15) is 20.1 Å². The number of pyridine rings is 1. The number of hydrogen-bond donors (Lipinski definition) is 5. The van der Waals surface area contributed by atoms with E-state index in [4.69, 9.17) is 4.42 Å². The predicted molar refractivity (Wildman–Crippen MR) is 190 cm³/mol. The van der Waals surface area contributed by atoms with Crippen molar-refractivity contribution in [2.45, 2.75) is 95.3 Å². The fourth-order valence-electron chi connectivity index (χ4n) is 7.38. The van der Waals surface area contributed by atoms with Crippen LogP contribution in [0.1, 0.15) is 106 Å². The van der Waals surface area contributed by atoms with Gasteiger partial charge in [-0.25, -0.2) is 4.98 Å². The van der Waals surface area contributed by atoms with Crippen LogP contribution in [0.2, 0.25) is 0 Å². The van der Waals surface area contributed by atoms with Gasteiger partial charge in [0.15, 0.2) is 11.4 Å². The van der Waals surface area contributed by atoms with Gasteiger partial charge in [-0.3, -0.25) is 4.79 Å². The molecule has 2 aromatic carbocycles. The first-order chi connectivity index (χ1) is 23.2. The van der Waals surface area contributed by atoms with E-state index in [1.807, 2.05) is 36.5 Å². The lowest BCUT2D eigenvalue weighted by molar-refractivity contribution is -0.904. The Kier molecular flexibility index (Phi) is 12.5. The molecule has 0 saturated heterocycles. The van der Waals surface area contributed by atoms with Gasteiger partial charge in [-0.05, 0) is 61.9 Å². The number of aromatic amines is 1. The molecule has 0 amide bonds. The number of quaternary nitrogens is 1. The van der Waals surface area contributed by atoms with Crippen LogP contribution >= 0.6 is 0 Å². The Hall–Kier alpha value is -3.50. The highest BCUT2D eigenvalue weighted by Crippen LogP contribution is 2.43. The van der Waals surface area contributed by atoms with Crippen LogP contribution < -0.4 is 10.9 Å². The predicted octanol–water partition coefficient (Wildman–Crippen LogP) is 6.67. The van der Waals surface area contributed by atoms with Gasteiger partial charge in [0.2, 0.25) is 11.4 Å². The smallest absolute Gasteiger partial charge is 0.248 e. The summed E-state index contributed by atoms with van der Waals surface area (Å²) < 4.78 is 7.15. The zero-order valence-corrected chi connectivity index (χ0v) is 28.8. The maximum atomic E-state index is 12.1. The third kappa shape index (κ3) is 9.14. The zero-order chi connectivity index (χ0) is 34.0. The average Bonchev–Trinajstić information content (AvgIpc) is 3.56. The number of nitrogens with zero attached hydrogens (tertiary/aromatic N) is 2. The SMILES string of the molecule is C[N+](C)(CCCCCCCCCNC[C@H](O)c1ccc(O)c2[nH]c(=O)ccc12)Cc1cnc([C@](O)(c2ccccc2)C2CCCCC2)o1. The maximum absolute atomic E-state index is 12.1. The quantitative estimate of drug-likeness (QED) is 0.0596. The molecule has 1 saturated carbocycles. The molecule has 0 radical (unpaired) electrons. The first-order valence-corrected chi connectivity index (χ1v) is 18.0. The van der Waals surface area contributed by atoms with E-state index in [-0.39, 0.29) is 17.2 Å². The summed E-state index contributed by atoms with van der Waals surface area (Å²) in [5, 5.41) is 36.9. The maximum Gasteiger partial charge on any atom is 0.248 e. The fraction of sp³-hybridized carbons (Fsp3) is 0.538. The Morgan fingerprint density at radius 2 is 1.67 bits per heavy atom. The minimum atomic E-state index is -1.19. The number of aromatic hydroxyl groups is 1. The van der Waals surface area contributed by atoms with Crippen molar-refractivity contribution in [2.24, 2.45) is 5.92 Å². The van der Waals surface area contributed by atoms with Gasteiger partial charge in [0, 0.05) is 23.9 Å². The number of benzene rings is 2. The third-order valence-corrected chi connectivity index (χ3v) is 10.1. The van der Waals surface area contributed by atoms with Crippen LogP contribution in [0.4, 0.5) is 0 Å². The lowest BCUT2D eigenvalue weighted by Gasteiger charge is -2.36. The highest BCUT2D eigenvalue weighted by Gasteiger charge is 2.44. The number of unbranched alkanes of at least 4 members (excludes halogenated alkanes) is 6. The third-order valence-electron chi connectivity index (χ3n) is 10.1. The van der Waals surface area contributed by atoms with Gasteiger partial charge in [-0.1, -0.05) is 81.3 Å². The number of H-pyrrole nitrogens is 1. The molecule has 0 bridgehead atoms. The molecule has 1 fully saturated rings. The molecule has 5 N–H and O–H groups in total. The molecular formula is C39H55N4O5+. The molecule has 9 heteroatoms. The second-order valence-corrected chi connectivity index (χ2v) is 14.4. The van der Waals surface area contributed by atoms with Crippen LogP contribution in [0, 0.1) is 5.92 Å². The first-order valence-electron chi connectivity index (χ1n) is 18.0. The largest absolute Gasteiger partial charge is 0.506 e. The first kappa shape index (κ1) is 35.8. The van der Waals surface area contributed by atoms with Gasteiger partial charge in [-0.15, -0.1) is 0 Å². The number of aliphatic hydroxyl groups is 2. The fourth-order valence-corrected chi connectivity index (χ4v) is 7.38. The number of phenolic OH excluding ortho intramolecular Hbond substituents is 1. The summed E-state index contributed by atoms with van der Waals surface area (Å²) in [5.74, 6) is 1.37. The van der Waals surface area contributed by atoms with Gasteiger partial charge < -0.3 is 34.5 Å². The highest BCUT2D eigenvalue weighted by molar-refractivity contribution is 5.87. The van der Waals surface area contributed by atoms with Crippen molar-refractivity contribution in [1.29, 1.82) is 0 Å². The van der Waals surface area contributed by atoms with Crippen LogP contribution in [0.3, 0.4) is 0 Å². The number of phenols is 1. The molecule has 0 unspecified atom stereocenters. The molecule has 2 heterocycles. The monoisotopic (exact) mass is 659 g/mol. The highest BCUT2D eigenvalue weighted by atomic mass is 16.4. The van der Waals surface area contributed by atoms with E-state index in [1.165, 1.54) is 44.2 Å². The average molecular weight is 660 g/mol. The van der Waals surface area contributed by atoms with Crippen molar-refractivity contribution in [2.75, 3.05) is 33.7 Å². The van der Waals surface area contributed by atoms with Crippen molar-refractivity contribution in [3.05, 3.63) is 93.9 Å². The molecule has 2 atom stereocenters. The van der Waals surface area contributed by atoms with Gasteiger partial charge in [-0.2, -0.15) is 0 Å². The molecule has 2 aromatic heterocycles. The summed E-state index contributed by atoms with van der Waals surface area (Å²) in [6.07, 6.45) is 14.8. The van der Waals surface area contributed by atoms with E-state index in [0.29, 0.717) is 28.9 Å². The molecule has 0 aliphatic heterocycles. The molecule has 4 aromatic rings. The van der Waals surface area contributed by atoms with Crippen molar-refractivity contribution in [1.82, 2.24) is 15.3 Å². The van der Waals surface area contributed by atoms with Crippen LogP contribution in [-0.2, 0) is 12.1 Å². The van der Waals surface area contributed by atoms with Gasteiger partial charge >= 0.3 is 0 Å². The van der Waals surface area contributed by atoms with Crippen molar-refractivity contribution in [3.63, 3.8) is 0 Å². The Morgan fingerprint density at radius 3 is 2.42 bits per heavy atom. The van der Waals surface area contributed by atoms with E-state index in [1.54, 1.807) is 12.1 Å². The zero-order valence-electron chi connectivity index (χ0n) is 28.8. The standard InChI is InChI=1S/C39H54N4O5/c1-43(2,28-31-26-41-38(48-31)39(47,29-16-10-8-11-17-29)30-18-12-9-13-19-30)25-15-7-5-3-4-6-14-24-40-27-35(45)32-20-22-34(44)37-33(32)21-23-36(46)42-37/h8,10-11,16-17,20-23,26,30,35,40,45,47H,3-7,9,12-15,18-19,24-25,27-28H2,1-2H3,(H-,42,44,46)/p+1/t35-,39-/m0/s1. The summed E-state index contributed by atoms with van der Waals surface area (Å²) in [4.78, 5) is 18.9. The topological polar surface area (TPSA) is 132 Å².